The second-order valence-electron chi connectivity index (χ2n) is 8.64. The van der Waals surface area contributed by atoms with Crippen molar-refractivity contribution in [1.82, 2.24) is 0 Å². The van der Waals surface area contributed by atoms with E-state index in [1.54, 1.807) is 36.4 Å². The van der Waals surface area contributed by atoms with Crippen LogP contribution in [-0.4, -0.2) is 17.7 Å². The Hall–Kier alpha value is -2.47. The SMILES string of the molecule is CC1(C)[C@H]2CC[C@]1(C)C(=O)N(c1cccc(C(=O)Nc3cccc(Br)c3)c1)C2=O. The molecular formula is C23H23BrN2O3. The van der Waals surface area contributed by atoms with E-state index in [9.17, 15) is 14.4 Å². The van der Waals surface area contributed by atoms with Crippen molar-refractivity contribution in [3.63, 3.8) is 0 Å². The van der Waals surface area contributed by atoms with Crippen molar-refractivity contribution in [1.29, 1.82) is 0 Å². The third-order valence-corrected chi connectivity index (χ3v) is 7.36. The van der Waals surface area contributed by atoms with Gasteiger partial charge in [-0.25, -0.2) is 4.90 Å². The maximum Gasteiger partial charge on any atom is 0.255 e. The smallest absolute Gasteiger partial charge is 0.255 e. The molecule has 0 spiro atoms. The van der Waals surface area contributed by atoms with Crippen LogP contribution < -0.4 is 10.2 Å². The fraction of sp³-hybridized carbons (Fsp3) is 0.348. The van der Waals surface area contributed by atoms with E-state index in [0.29, 0.717) is 29.8 Å². The van der Waals surface area contributed by atoms with Crippen molar-refractivity contribution >= 4 is 45.0 Å². The van der Waals surface area contributed by atoms with Gasteiger partial charge >= 0.3 is 0 Å². The van der Waals surface area contributed by atoms with E-state index < -0.39 is 5.41 Å². The van der Waals surface area contributed by atoms with Crippen LogP contribution in [0.5, 0.6) is 0 Å². The van der Waals surface area contributed by atoms with Gasteiger partial charge in [0.2, 0.25) is 11.8 Å². The highest BCUT2D eigenvalue weighted by molar-refractivity contribution is 9.10. The van der Waals surface area contributed by atoms with Crippen LogP contribution in [0.1, 0.15) is 44.0 Å². The number of benzene rings is 2. The first-order valence-electron chi connectivity index (χ1n) is 9.70. The molecule has 1 N–H and O–H groups in total. The van der Waals surface area contributed by atoms with Crippen LogP contribution in [0.4, 0.5) is 11.4 Å². The number of hydrogen-bond acceptors (Lipinski definition) is 3. The Morgan fingerprint density at radius 2 is 1.83 bits per heavy atom. The molecular weight excluding hydrogens is 432 g/mol. The molecule has 1 aliphatic heterocycles. The summed E-state index contributed by atoms with van der Waals surface area (Å²) in [5, 5.41) is 2.84. The van der Waals surface area contributed by atoms with Crippen LogP contribution in [0.15, 0.2) is 53.0 Å². The number of piperidine rings is 1. The van der Waals surface area contributed by atoms with Gasteiger partial charge in [0, 0.05) is 21.6 Å². The molecule has 2 aromatic carbocycles. The monoisotopic (exact) mass is 454 g/mol. The maximum absolute atomic E-state index is 13.3. The van der Waals surface area contributed by atoms with Gasteiger partial charge in [-0.2, -0.15) is 0 Å². The quantitative estimate of drug-likeness (QED) is 0.662. The van der Waals surface area contributed by atoms with Gasteiger partial charge in [-0.1, -0.05) is 48.8 Å². The Kier molecular flexibility index (Phi) is 4.65. The van der Waals surface area contributed by atoms with E-state index in [4.69, 9.17) is 0 Å². The van der Waals surface area contributed by atoms with Crippen molar-refractivity contribution < 1.29 is 14.4 Å². The molecule has 0 radical (unpaired) electrons. The van der Waals surface area contributed by atoms with Crippen molar-refractivity contribution in [3.8, 4) is 0 Å². The summed E-state index contributed by atoms with van der Waals surface area (Å²) in [5.41, 5.74) is 0.557. The third kappa shape index (κ3) is 3.01. The lowest BCUT2D eigenvalue weighted by molar-refractivity contribution is -0.146. The number of carbonyl (C=O) groups excluding carboxylic acids is 3. The molecule has 1 aliphatic carbocycles. The molecule has 2 aromatic rings. The predicted octanol–water partition coefficient (Wildman–Crippen LogP) is 5.02. The number of nitrogens with zero attached hydrogens (tertiary/aromatic N) is 1. The van der Waals surface area contributed by atoms with Crippen molar-refractivity contribution in [2.45, 2.75) is 33.6 Å². The Labute approximate surface area is 178 Å². The topological polar surface area (TPSA) is 66.5 Å². The van der Waals surface area contributed by atoms with Crippen molar-refractivity contribution in [3.05, 3.63) is 58.6 Å². The van der Waals surface area contributed by atoms with Gasteiger partial charge < -0.3 is 5.32 Å². The van der Waals surface area contributed by atoms with Gasteiger partial charge in [0.15, 0.2) is 0 Å². The molecule has 1 saturated carbocycles. The minimum absolute atomic E-state index is 0.167. The van der Waals surface area contributed by atoms with E-state index in [1.807, 2.05) is 32.9 Å². The lowest BCUT2D eigenvalue weighted by Gasteiger charge is -2.47. The molecule has 0 unspecified atom stereocenters. The fourth-order valence-corrected chi connectivity index (χ4v) is 5.02. The van der Waals surface area contributed by atoms with Gasteiger partial charge in [-0.3, -0.25) is 14.4 Å². The van der Waals surface area contributed by atoms with E-state index in [2.05, 4.69) is 21.2 Å². The van der Waals surface area contributed by atoms with E-state index >= 15 is 0 Å². The van der Waals surface area contributed by atoms with E-state index in [1.165, 1.54) is 4.90 Å². The lowest BCUT2D eigenvalue weighted by atomic mass is 9.62. The zero-order valence-corrected chi connectivity index (χ0v) is 18.2. The number of rotatable bonds is 3. The number of amides is 3. The number of imide groups is 1. The summed E-state index contributed by atoms with van der Waals surface area (Å²) in [4.78, 5) is 40.5. The minimum Gasteiger partial charge on any atom is -0.322 e. The summed E-state index contributed by atoms with van der Waals surface area (Å²) in [7, 11) is 0. The van der Waals surface area contributed by atoms with Crippen LogP contribution in [0.3, 0.4) is 0 Å². The van der Waals surface area contributed by atoms with E-state index in [0.717, 1.165) is 4.47 Å². The molecule has 2 atom stereocenters. The molecule has 1 saturated heterocycles. The molecule has 29 heavy (non-hydrogen) atoms. The Morgan fingerprint density at radius 3 is 2.55 bits per heavy atom. The van der Waals surface area contributed by atoms with Crippen molar-refractivity contribution in [2.24, 2.45) is 16.7 Å². The second kappa shape index (κ2) is 6.80. The first kappa shape index (κ1) is 19.8. The van der Waals surface area contributed by atoms with Gasteiger partial charge in [-0.15, -0.1) is 0 Å². The highest BCUT2D eigenvalue weighted by atomic mass is 79.9. The first-order chi connectivity index (χ1) is 13.6. The molecule has 0 aromatic heterocycles. The van der Waals surface area contributed by atoms with Crippen molar-refractivity contribution in [2.75, 3.05) is 10.2 Å². The normalized spacial score (nSPS) is 25.2. The molecule has 4 rings (SSSR count). The van der Waals surface area contributed by atoms with Crippen LogP contribution in [-0.2, 0) is 9.59 Å². The third-order valence-electron chi connectivity index (χ3n) is 6.87. The average Bonchev–Trinajstić information content (AvgIpc) is 2.85. The molecule has 1 heterocycles. The largest absolute Gasteiger partial charge is 0.322 e. The average molecular weight is 455 g/mol. The Bertz CT molecular complexity index is 1030. The summed E-state index contributed by atoms with van der Waals surface area (Å²) in [6, 6.07) is 14.0. The molecule has 150 valence electrons. The molecule has 2 fully saturated rings. The molecule has 2 aliphatic rings. The molecule has 5 nitrogen and oxygen atoms in total. The van der Waals surface area contributed by atoms with Gasteiger partial charge in [0.05, 0.1) is 11.1 Å². The highest BCUT2D eigenvalue weighted by Crippen LogP contribution is 2.60. The summed E-state index contributed by atoms with van der Waals surface area (Å²) < 4.78 is 0.861. The summed E-state index contributed by atoms with van der Waals surface area (Å²) in [6.07, 6.45) is 1.42. The van der Waals surface area contributed by atoms with E-state index in [-0.39, 0.29) is 29.1 Å². The Balaban J connectivity index is 1.65. The number of carbonyl (C=O) groups is 3. The molecule has 3 amide bonds. The number of fused-ring (bicyclic) bond motifs is 2. The fourth-order valence-electron chi connectivity index (χ4n) is 4.62. The predicted molar refractivity (Wildman–Crippen MR) is 116 cm³/mol. The van der Waals surface area contributed by atoms with Crippen LogP contribution in [0.2, 0.25) is 0 Å². The van der Waals surface area contributed by atoms with Gasteiger partial charge in [0.25, 0.3) is 5.91 Å². The van der Waals surface area contributed by atoms with Gasteiger partial charge in [0.1, 0.15) is 0 Å². The lowest BCUT2D eigenvalue weighted by Crippen LogP contribution is -2.59. The highest BCUT2D eigenvalue weighted by Gasteiger charge is 2.64. The first-order valence-corrected chi connectivity index (χ1v) is 10.5. The second-order valence-corrected chi connectivity index (χ2v) is 9.55. The maximum atomic E-state index is 13.3. The van der Waals surface area contributed by atoms with Crippen LogP contribution in [0.25, 0.3) is 0 Å². The number of nitrogens with one attached hydrogen (secondary N) is 1. The van der Waals surface area contributed by atoms with Crippen LogP contribution >= 0.6 is 15.9 Å². The summed E-state index contributed by atoms with van der Waals surface area (Å²) >= 11 is 3.38. The minimum atomic E-state index is -0.583. The molecule has 6 heteroatoms. The number of anilines is 2. The number of hydrogen-bond donors (Lipinski definition) is 1. The molecule has 2 bridgehead atoms. The van der Waals surface area contributed by atoms with Crippen LogP contribution in [0, 0.1) is 16.7 Å². The Morgan fingerprint density at radius 1 is 1.10 bits per heavy atom. The van der Waals surface area contributed by atoms with Gasteiger partial charge in [-0.05, 0) is 54.7 Å². The summed E-state index contributed by atoms with van der Waals surface area (Å²) in [6.45, 7) is 5.98. The number of halogens is 1. The summed E-state index contributed by atoms with van der Waals surface area (Å²) in [5.74, 6) is -0.828. The zero-order valence-electron chi connectivity index (χ0n) is 16.7. The zero-order chi connectivity index (χ0) is 21.0. The standard InChI is InChI=1S/C23H23BrN2O3/c1-22(2)18-10-11-23(22,3)21(29)26(20(18)28)17-9-4-6-14(12-17)19(27)25-16-8-5-7-15(24)13-16/h4-9,12-13,18H,10-11H2,1-3H3,(H,25,27)/t18-,23+/m0/s1.